The van der Waals surface area contributed by atoms with Crippen LogP contribution in [0.5, 0.6) is 6.01 Å². The van der Waals surface area contributed by atoms with Gasteiger partial charge in [0.05, 0.1) is 12.0 Å². The van der Waals surface area contributed by atoms with E-state index in [9.17, 15) is 14.9 Å². The molecular formula is C10H8BrN5O4. The highest BCUT2D eigenvalue weighted by Gasteiger charge is 2.15. The van der Waals surface area contributed by atoms with Crippen LogP contribution in [0, 0.1) is 10.1 Å². The summed E-state index contributed by atoms with van der Waals surface area (Å²) >= 11 is 3.11. The molecule has 0 spiro atoms. The van der Waals surface area contributed by atoms with Crippen molar-refractivity contribution in [3.8, 4) is 6.01 Å². The van der Waals surface area contributed by atoms with E-state index in [1.807, 2.05) is 0 Å². The van der Waals surface area contributed by atoms with Crippen LogP contribution in [0.4, 0.5) is 11.6 Å². The average molecular weight is 342 g/mol. The highest BCUT2D eigenvalue weighted by Crippen LogP contribution is 2.22. The van der Waals surface area contributed by atoms with E-state index in [-0.39, 0.29) is 23.2 Å². The quantitative estimate of drug-likeness (QED) is 0.644. The molecule has 0 atom stereocenters. The Morgan fingerprint density at radius 3 is 2.85 bits per heavy atom. The monoisotopic (exact) mass is 341 g/mol. The van der Waals surface area contributed by atoms with E-state index in [1.165, 1.54) is 19.2 Å². The SMILES string of the molecule is COc1n[nH]c(NC(=O)c2cc(Br)cc([N+](=O)[O-])c2)n1. The number of halogens is 1. The number of benzene rings is 1. The smallest absolute Gasteiger partial charge is 0.336 e. The third-order valence-corrected chi connectivity index (χ3v) is 2.69. The predicted molar refractivity (Wildman–Crippen MR) is 71.7 cm³/mol. The fraction of sp³-hybridized carbons (Fsp3) is 0.100. The molecule has 1 aromatic heterocycles. The maximum atomic E-state index is 12.0. The second-order valence-electron chi connectivity index (χ2n) is 3.58. The van der Waals surface area contributed by atoms with Crippen LogP contribution in [-0.2, 0) is 0 Å². The number of amides is 1. The largest absolute Gasteiger partial charge is 0.466 e. The van der Waals surface area contributed by atoms with E-state index >= 15 is 0 Å². The maximum Gasteiger partial charge on any atom is 0.336 e. The number of ether oxygens (including phenoxy) is 1. The Bertz CT molecular complexity index is 671. The number of anilines is 1. The second-order valence-corrected chi connectivity index (χ2v) is 4.50. The molecule has 0 aliphatic carbocycles. The summed E-state index contributed by atoms with van der Waals surface area (Å²) in [5.41, 5.74) is -0.0823. The lowest BCUT2D eigenvalue weighted by atomic mass is 10.2. The standard InChI is InChI=1S/C10H8BrN5O4/c1-20-10-13-9(14-15-10)12-8(17)5-2-6(11)4-7(3-5)16(18)19/h2-4H,1H3,(H2,12,13,14,15,17). The Morgan fingerprint density at radius 2 is 2.25 bits per heavy atom. The van der Waals surface area contributed by atoms with Gasteiger partial charge in [0.2, 0.25) is 5.95 Å². The summed E-state index contributed by atoms with van der Waals surface area (Å²) in [4.78, 5) is 25.9. The highest BCUT2D eigenvalue weighted by molar-refractivity contribution is 9.10. The van der Waals surface area contributed by atoms with Gasteiger partial charge in [-0.05, 0) is 6.07 Å². The van der Waals surface area contributed by atoms with Crippen molar-refractivity contribution in [1.82, 2.24) is 15.2 Å². The number of hydrogen-bond donors (Lipinski definition) is 2. The number of methoxy groups -OCH3 is 1. The number of non-ortho nitro benzene ring substituents is 1. The highest BCUT2D eigenvalue weighted by atomic mass is 79.9. The Morgan fingerprint density at radius 1 is 1.50 bits per heavy atom. The first-order chi connectivity index (χ1) is 9.49. The van der Waals surface area contributed by atoms with Crippen LogP contribution in [0.15, 0.2) is 22.7 Å². The minimum atomic E-state index is -0.584. The number of aromatic amines is 1. The molecule has 9 nitrogen and oxygen atoms in total. The van der Waals surface area contributed by atoms with Crippen molar-refractivity contribution >= 4 is 33.5 Å². The van der Waals surface area contributed by atoms with E-state index in [4.69, 9.17) is 4.74 Å². The molecule has 104 valence electrons. The molecule has 2 N–H and O–H groups in total. The number of hydrogen-bond acceptors (Lipinski definition) is 6. The molecule has 0 saturated carbocycles. The average Bonchev–Trinajstić information content (AvgIpc) is 2.85. The van der Waals surface area contributed by atoms with Gasteiger partial charge < -0.3 is 4.74 Å². The number of aromatic nitrogens is 3. The normalized spacial score (nSPS) is 10.1. The van der Waals surface area contributed by atoms with Gasteiger partial charge in [0.15, 0.2) is 0 Å². The van der Waals surface area contributed by atoms with Gasteiger partial charge in [-0.15, -0.1) is 5.10 Å². The molecule has 2 aromatic rings. The Kier molecular flexibility index (Phi) is 3.94. The van der Waals surface area contributed by atoms with Gasteiger partial charge in [0, 0.05) is 22.2 Å². The number of nitro benzene ring substituents is 1. The summed E-state index contributed by atoms with van der Waals surface area (Å²) in [5.74, 6) is -0.484. The molecule has 0 aliphatic heterocycles. The van der Waals surface area contributed by atoms with Crippen molar-refractivity contribution in [3.05, 3.63) is 38.3 Å². The zero-order chi connectivity index (χ0) is 14.7. The lowest BCUT2D eigenvalue weighted by Crippen LogP contribution is -2.13. The summed E-state index contributed by atoms with van der Waals surface area (Å²) in [6, 6.07) is 3.98. The van der Waals surface area contributed by atoms with E-state index in [1.54, 1.807) is 0 Å². The summed E-state index contributed by atoms with van der Waals surface area (Å²) in [6.45, 7) is 0. The fourth-order valence-corrected chi connectivity index (χ4v) is 1.87. The molecule has 0 fully saturated rings. The first-order valence-electron chi connectivity index (χ1n) is 5.22. The molecule has 0 unspecified atom stereocenters. The third kappa shape index (κ3) is 3.09. The van der Waals surface area contributed by atoms with Crippen LogP contribution in [0.1, 0.15) is 10.4 Å². The number of rotatable bonds is 4. The van der Waals surface area contributed by atoms with Gasteiger partial charge in [-0.2, -0.15) is 4.98 Å². The number of H-pyrrole nitrogens is 1. The van der Waals surface area contributed by atoms with E-state index in [0.29, 0.717) is 4.47 Å². The third-order valence-electron chi connectivity index (χ3n) is 2.23. The van der Waals surface area contributed by atoms with Crippen LogP contribution in [0.3, 0.4) is 0 Å². The van der Waals surface area contributed by atoms with Crippen molar-refractivity contribution in [2.75, 3.05) is 12.4 Å². The van der Waals surface area contributed by atoms with Crippen LogP contribution in [0.25, 0.3) is 0 Å². The number of carbonyl (C=O) groups is 1. The Hall–Kier alpha value is -2.49. The van der Waals surface area contributed by atoms with Gasteiger partial charge >= 0.3 is 6.01 Å². The summed E-state index contributed by atoms with van der Waals surface area (Å²) in [5, 5.41) is 19.3. The van der Waals surface area contributed by atoms with Crippen molar-refractivity contribution in [2.45, 2.75) is 0 Å². The molecule has 1 heterocycles. The molecule has 0 radical (unpaired) electrons. The summed E-state index contributed by atoms with van der Waals surface area (Å²) in [6.07, 6.45) is 0. The second kappa shape index (κ2) is 5.65. The lowest BCUT2D eigenvalue weighted by Gasteiger charge is -2.02. The first-order valence-corrected chi connectivity index (χ1v) is 6.01. The van der Waals surface area contributed by atoms with Crippen LogP contribution >= 0.6 is 15.9 Å². The van der Waals surface area contributed by atoms with Crippen LogP contribution < -0.4 is 10.1 Å². The molecule has 0 saturated heterocycles. The van der Waals surface area contributed by atoms with Crippen molar-refractivity contribution in [3.63, 3.8) is 0 Å². The Labute approximate surface area is 120 Å². The van der Waals surface area contributed by atoms with Crippen LogP contribution in [0.2, 0.25) is 0 Å². The molecule has 0 aliphatic rings. The van der Waals surface area contributed by atoms with E-state index in [2.05, 4.69) is 36.4 Å². The fourth-order valence-electron chi connectivity index (χ4n) is 1.38. The summed E-state index contributed by atoms with van der Waals surface area (Å²) < 4.78 is 5.17. The van der Waals surface area contributed by atoms with Crippen molar-refractivity contribution < 1.29 is 14.5 Å². The molecule has 20 heavy (non-hydrogen) atoms. The molecule has 2 rings (SSSR count). The molecule has 1 aromatic carbocycles. The molecule has 1 amide bonds. The molecule has 10 heteroatoms. The predicted octanol–water partition coefficient (Wildman–Crippen LogP) is 1.74. The van der Waals surface area contributed by atoms with Crippen molar-refractivity contribution in [2.24, 2.45) is 0 Å². The van der Waals surface area contributed by atoms with E-state index < -0.39 is 10.8 Å². The number of carbonyl (C=O) groups excluding carboxylic acids is 1. The van der Waals surface area contributed by atoms with Crippen LogP contribution in [-0.4, -0.2) is 33.1 Å². The lowest BCUT2D eigenvalue weighted by molar-refractivity contribution is -0.384. The van der Waals surface area contributed by atoms with Gasteiger partial charge in [-0.3, -0.25) is 20.2 Å². The number of nitrogens with one attached hydrogen (secondary N) is 2. The van der Waals surface area contributed by atoms with Gasteiger partial charge in [0.1, 0.15) is 0 Å². The zero-order valence-corrected chi connectivity index (χ0v) is 11.7. The number of nitrogens with zero attached hydrogens (tertiary/aromatic N) is 3. The molecule has 0 bridgehead atoms. The van der Waals surface area contributed by atoms with Gasteiger partial charge in [-0.1, -0.05) is 15.9 Å². The topological polar surface area (TPSA) is 123 Å². The van der Waals surface area contributed by atoms with Crippen molar-refractivity contribution in [1.29, 1.82) is 0 Å². The number of nitro groups is 1. The minimum Gasteiger partial charge on any atom is -0.466 e. The molecular weight excluding hydrogens is 334 g/mol. The first kappa shape index (κ1) is 13.9. The maximum absolute atomic E-state index is 12.0. The Balaban J connectivity index is 2.22. The zero-order valence-electron chi connectivity index (χ0n) is 10.1. The van der Waals surface area contributed by atoms with Gasteiger partial charge in [-0.25, -0.2) is 5.10 Å². The van der Waals surface area contributed by atoms with E-state index in [0.717, 1.165) is 6.07 Å². The summed E-state index contributed by atoms with van der Waals surface area (Å²) in [7, 11) is 1.38. The van der Waals surface area contributed by atoms with Gasteiger partial charge in [0.25, 0.3) is 11.6 Å². The minimum absolute atomic E-state index is 0.0699.